The molecule has 116 valence electrons. The lowest BCUT2D eigenvalue weighted by Gasteiger charge is -2.13. The molecule has 1 atom stereocenters. The van der Waals surface area contributed by atoms with Gasteiger partial charge in [-0.2, -0.15) is 0 Å². The summed E-state index contributed by atoms with van der Waals surface area (Å²) in [4.78, 5) is 11.9. The van der Waals surface area contributed by atoms with Crippen LogP contribution in [0.2, 0.25) is 5.02 Å². The van der Waals surface area contributed by atoms with Crippen molar-refractivity contribution in [3.8, 4) is 5.75 Å². The highest BCUT2D eigenvalue weighted by Gasteiger charge is 2.12. The lowest BCUT2D eigenvalue weighted by molar-refractivity contribution is 0.0916. The number of nitrogens with one attached hydrogen (secondary N) is 1. The highest BCUT2D eigenvalue weighted by molar-refractivity contribution is 6.30. The minimum Gasteiger partial charge on any atom is -0.497 e. The van der Waals surface area contributed by atoms with Gasteiger partial charge in [0.25, 0.3) is 5.91 Å². The molecule has 0 aromatic heterocycles. The second-order valence-corrected chi connectivity index (χ2v) is 5.04. The van der Waals surface area contributed by atoms with Gasteiger partial charge in [0.05, 0.1) is 18.2 Å². The molecule has 2 rings (SSSR count). The number of hydrogen-bond donors (Lipinski definition) is 2. The molecule has 0 fully saturated rings. The number of amides is 1. The molecule has 1 unspecified atom stereocenters. The summed E-state index contributed by atoms with van der Waals surface area (Å²) < 4.78 is 18.3. The smallest absolute Gasteiger partial charge is 0.251 e. The Morgan fingerprint density at radius 1 is 1.32 bits per heavy atom. The highest BCUT2D eigenvalue weighted by Crippen LogP contribution is 2.18. The van der Waals surface area contributed by atoms with Gasteiger partial charge in [0.2, 0.25) is 0 Å². The van der Waals surface area contributed by atoms with Gasteiger partial charge in [0.15, 0.2) is 0 Å². The molecule has 0 aliphatic heterocycles. The van der Waals surface area contributed by atoms with E-state index in [1.165, 1.54) is 12.1 Å². The number of rotatable bonds is 5. The minimum atomic E-state index is -0.869. The summed E-state index contributed by atoms with van der Waals surface area (Å²) in [5.74, 6) is -0.468. The monoisotopic (exact) mass is 323 g/mol. The number of benzene rings is 2. The quantitative estimate of drug-likeness (QED) is 0.889. The molecule has 22 heavy (non-hydrogen) atoms. The Labute approximate surface area is 132 Å². The molecule has 4 nitrogen and oxygen atoms in total. The van der Waals surface area contributed by atoms with Crippen LogP contribution in [0, 0.1) is 5.82 Å². The van der Waals surface area contributed by atoms with Crippen molar-refractivity contribution in [1.29, 1.82) is 0 Å². The van der Waals surface area contributed by atoms with E-state index in [1.807, 2.05) is 0 Å². The molecular formula is C16H15ClFNO3. The molecule has 0 saturated heterocycles. The van der Waals surface area contributed by atoms with Crippen LogP contribution in [0.15, 0.2) is 42.5 Å². The van der Waals surface area contributed by atoms with Crippen LogP contribution in [-0.4, -0.2) is 24.7 Å². The van der Waals surface area contributed by atoms with Gasteiger partial charge in [-0.3, -0.25) is 4.79 Å². The fourth-order valence-corrected chi connectivity index (χ4v) is 1.99. The zero-order valence-corrected chi connectivity index (χ0v) is 12.6. The van der Waals surface area contributed by atoms with Gasteiger partial charge in [-0.05, 0) is 35.9 Å². The molecule has 2 aromatic rings. The molecule has 0 radical (unpaired) electrons. The van der Waals surface area contributed by atoms with Gasteiger partial charge < -0.3 is 15.2 Å². The molecule has 0 aliphatic rings. The van der Waals surface area contributed by atoms with Gasteiger partial charge in [-0.1, -0.05) is 23.7 Å². The van der Waals surface area contributed by atoms with Gasteiger partial charge in [-0.15, -0.1) is 0 Å². The van der Waals surface area contributed by atoms with Crippen LogP contribution in [0.3, 0.4) is 0 Å². The fraction of sp³-hybridized carbons (Fsp3) is 0.188. The van der Waals surface area contributed by atoms with E-state index in [-0.39, 0.29) is 17.1 Å². The van der Waals surface area contributed by atoms with Gasteiger partial charge in [0, 0.05) is 12.1 Å². The third-order valence-electron chi connectivity index (χ3n) is 3.14. The van der Waals surface area contributed by atoms with Crippen molar-refractivity contribution in [2.24, 2.45) is 0 Å². The van der Waals surface area contributed by atoms with Gasteiger partial charge >= 0.3 is 0 Å². The van der Waals surface area contributed by atoms with Crippen molar-refractivity contribution < 1.29 is 19.0 Å². The Hall–Kier alpha value is -2.11. The Kier molecular flexibility index (Phi) is 5.35. The summed E-state index contributed by atoms with van der Waals surface area (Å²) in [7, 11) is 1.55. The third kappa shape index (κ3) is 3.96. The molecule has 0 heterocycles. The number of aliphatic hydroxyl groups is 1. The van der Waals surface area contributed by atoms with E-state index >= 15 is 0 Å². The predicted molar refractivity (Wildman–Crippen MR) is 81.7 cm³/mol. The number of halogens is 2. The summed E-state index contributed by atoms with van der Waals surface area (Å²) in [6, 6.07) is 10.6. The molecule has 0 spiro atoms. The second-order valence-electron chi connectivity index (χ2n) is 4.63. The van der Waals surface area contributed by atoms with E-state index in [4.69, 9.17) is 16.3 Å². The van der Waals surface area contributed by atoms with Gasteiger partial charge in [-0.25, -0.2) is 4.39 Å². The van der Waals surface area contributed by atoms with Crippen LogP contribution in [-0.2, 0) is 0 Å². The van der Waals surface area contributed by atoms with Gasteiger partial charge in [0.1, 0.15) is 11.6 Å². The average Bonchev–Trinajstić information content (AvgIpc) is 2.54. The van der Waals surface area contributed by atoms with Crippen LogP contribution in [0.25, 0.3) is 0 Å². The normalized spacial score (nSPS) is 11.8. The SMILES string of the molecule is COc1ccc(C(O)CNC(=O)c2ccc(Cl)c(F)c2)cc1. The molecule has 1 amide bonds. The lowest BCUT2D eigenvalue weighted by atomic mass is 10.1. The van der Waals surface area contributed by atoms with Crippen molar-refractivity contribution in [3.05, 3.63) is 64.4 Å². The van der Waals surface area contributed by atoms with E-state index in [2.05, 4.69) is 5.32 Å². The lowest BCUT2D eigenvalue weighted by Crippen LogP contribution is -2.28. The van der Waals surface area contributed by atoms with E-state index < -0.39 is 17.8 Å². The molecule has 0 aliphatic carbocycles. The summed E-state index contributed by atoms with van der Waals surface area (Å²) >= 11 is 5.56. The first kappa shape index (κ1) is 16.3. The van der Waals surface area contributed by atoms with E-state index in [0.29, 0.717) is 11.3 Å². The Balaban J connectivity index is 1.95. The van der Waals surface area contributed by atoms with Crippen LogP contribution in [0.5, 0.6) is 5.75 Å². The number of carbonyl (C=O) groups is 1. The number of carbonyl (C=O) groups excluding carboxylic acids is 1. The maximum absolute atomic E-state index is 13.3. The standard InChI is InChI=1S/C16H15ClFNO3/c1-22-12-5-2-10(3-6-12)15(20)9-19-16(21)11-4-7-13(17)14(18)8-11/h2-8,15,20H,9H2,1H3,(H,19,21). The molecule has 2 N–H and O–H groups in total. The number of hydrogen-bond acceptors (Lipinski definition) is 3. The molecule has 0 saturated carbocycles. The van der Waals surface area contributed by atoms with Crippen molar-refractivity contribution in [3.63, 3.8) is 0 Å². The first-order chi connectivity index (χ1) is 10.5. The topological polar surface area (TPSA) is 58.6 Å². The summed E-state index contributed by atoms with van der Waals surface area (Å²) in [5.41, 5.74) is 0.784. The van der Waals surface area contributed by atoms with Crippen molar-refractivity contribution in [1.82, 2.24) is 5.32 Å². The maximum Gasteiger partial charge on any atom is 0.251 e. The molecule has 0 bridgehead atoms. The maximum atomic E-state index is 13.3. The Bertz CT molecular complexity index is 661. The summed E-state index contributed by atoms with van der Waals surface area (Å²) in [6.45, 7) is 0.00933. The van der Waals surface area contributed by atoms with Crippen molar-refractivity contribution in [2.45, 2.75) is 6.10 Å². The van der Waals surface area contributed by atoms with Crippen LogP contribution >= 0.6 is 11.6 Å². The minimum absolute atomic E-state index is 0.00933. The van der Waals surface area contributed by atoms with E-state index in [0.717, 1.165) is 6.07 Å². The number of methoxy groups -OCH3 is 1. The average molecular weight is 324 g/mol. The molecular weight excluding hydrogens is 309 g/mol. The number of aliphatic hydroxyl groups excluding tert-OH is 1. The van der Waals surface area contributed by atoms with E-state index in [9.17, 15) is 14.3 Å². The van der Waals surface area contributed by atoms with Crippen LogP contribution in [0.1, 0.15) is 22.0 Å². The van der Waals surface area contributed by atoms with Crippen molar-refractivity contribution in [2.75, 3.05) is 13.7 Å². The molecule has 6 heteroatoms. The summed E-state index contributed by atoms with van der Waals surface area (Å²) in [6.07, 6.45) is -0.869. The molecule has 2 aromatic carbocycles. The van der Waals surface area contributed by atoms with E-state index in [1.54, 1.807) is 31.4 Å². The zero-order valence-electron chi connectivity index (χ0n) is 11.8. The Morgan fingerprint density at radius 3 is 2.59 bits per heavy atom. The fourth-order valence-electron chi connectivity index (χ4n) is 1.87. The second kappa shape index (κ2) is 7.24. The highest BCUT2D eigenvalue weighted by atomic mass is 35.5. The van der Waals surface area contributed by atoms with Crippen molar-refractivity contribution >= 4 is 17.5 Å². The first-order valence-corrected chi connectivity index (χ1v) is 6.94. The summed E-state index contributed by atoms with van der Waals surface area (Å²) in [5, 5.41) is 12.5. The van der Waals surface area contributed by atoms with Crippen LogP contribution < -0.4 is 10.1 Å². The van der Waals surface area contributed by atoms with Crippen LogP contribution in [0.4, 0.5) is 4.39 Å². The first-order valence-electron chi connectivity index (χ1n) is 6.56. The third-order valence-corrected chi connectivity index (χ3v) is 3.44. The largest absolute Gasteiger partial charge is 0.497 e. The zero-order chi connectivity index (χ0) is 16.1. The predicted octanol–water partition coefficient (Wildman–Crippen LogP) is 2.95. The number of ether oxygens (including phenoxy) is 1. The Morgan fingerprint density at radius 2 is 2.00 bits per heavy atom.